The van der Waals surface area contributed by atoms with Gasteiger partial charge in [0.15, 0.2) is 0 Å². The van der Waals surface area contributed by atoms with Gasteiger partial charge in [0.1, 0.15) is 6.61 Å². The van der Waals surface area contributed by atoms with E-state index in [0.717, 1.165) is 5.56 Å². The second kappa shape index (κ2) is 8.09. The molecule has 0 aliphatic rings. The summed E-state index contributed by atoms with van der Waals surface area (Å²) in [6, 6.07) is 7.14. The van der Waals surface area contributed by atoms with E-state index in [1.165, 1.54) is 7.11 Å². The Morgan fingerprint density at radius 1 is 1.26 bits per heavy atom. The molecule has 0 fully saturated rings. The number of ether oxygens (including phenoxy) is 1. The topological polar surface area (TPSA) is 85.3 Å². The molecule has 7 heteroatoms. The van der Waals surface area contributed by atoms with Crippen molar-refractivity contribution >= 4 is 23.2 Å². The van der Waals surface area contributed by atoms with Crippen LogP contribution < -0.4 is 10.6 Å². The number of rotatable bonds is 7. The number of hydrogen-bond acceptors (Lipinski definition) is 4. The lowest BCUT2D eigenvalue weighted by Crippen LogP contribution is -2.18. The van der Waals surface area contributed by atoms with Crippen molar-refractivity contribution in [2.45, 2.75) is 19.9 Å². The SMILES string of the molecule is COCC(=O)Nc1ccc(NC(=O)CCn2cccn2)cc1C. The largest absolute Gasteiger partial charge is 0.375 e. The molecule has 0 bridgehead atoms. The molecule has 0 saturated heterocycles. The normalized spacial score (nSPS) is 10.3. The van der Waals surface area contributed by atoms with Crippen LogP contribution in [0.5, 0.6) is 0 Å². The summed E-state index contributed by atoms with van der Waals surface area (Å²) in [6.45, 7) is 2.40. The average molecular weight is 316 g/mol. The molecule has 0 aliphatic heterocycles. The van der Waals surface area contributed by atoms with Crippen molar-refractivity contribution in [2.75, 3.05) is 24.4 Å². The highest BCUT2D eigenvalue weighted by molar-refractivity contribution is 5.94. The van der Waals surface area contributed by atoms with Crippen LogP contribution in [0.15, 0.2) is 36.7 Å². The number of nitrogens with zero attached hydrogens (tertiary/aromatic N) is 2. The van der Waals surface area contributed by atoms with Crippen LogP contribution in [-0.4, -0.2) is 35.3 Å². The van der Waals surface area contributed by atoms with Crippen molar-refractivity contribution < 1.29 is 14.3 Å². The van der Waals surface area contributed by atoms with Crippen LogP contribution in [0, 0.1) is 6.92 Å². The number of nitrogens with one attached hydrogen (secondary N) is 2. The standard InChI is InChI=1S/C16H20N4O3/c1-12-10-13(4-5-14(12)19-16(22)11-23-2)18-15(21)6-9-20-8-3-7-17-20/h3-5,7-8,10H,6,9,11H2,1-2H3,(H,18,21)(H,19,22). The van der Waals surface area contributed by atoms with E-state index in [1.54, 1.807) is 23.0 Å². The molecule has 23 heavy (non-hydrogen) atoms. The Bertz CT molecular complexity index is 668. The Morgan fingerprint density at radius 2 is 2.09 bits per heavy atom. The van der Waals surface area contributed by atoms with Crippen molar-refractivity contribution in [3.63, 3.8) is 0 Å². The van der Waals surface area contributed by atoms with Gasteiger partial charge in [0.25, 0.3) is 0 Å². The van der Waals surface area contributed by atoms with E-state index in [1.807, 2.05) is 25.3 Å². The maximum atomic E-state index is 11.9. The smallest absolute Gasteiger partial charge is 0.250 e. The first-order chi connectivity index (χ1) is 11.1. The number of aryl methyl sites for hydroxylation is 2. The first kappa shape index (κ1) is 16.7. The van der Waals surface area contributed by atoms with Crippen molar-refractivity contribution in [3.8, 4) is 0 Å². The summed E-state index contributed by atoms with van der Waals surface area (Å²) in [4.78, 5) is 23.4. The van der Waals surface area contributed by atoms with E-state index < -0.39 is 0 Å². The lowest BCUT2D eigenvalue weighted by atomic mass is 10.1. The molecule has 1 heterocycles. The van der Waals surface area contributed by atoms with Crippen LogP contribution in [0.25, 0.3) is 0 Å². The van der Waals surface area contributed by atoms with Gasteiger partial charge in [-0.25, -0.2) is 0 Å². The second-order valence-electron chi connectivity index (χ2n) is 5.08. The number of amides is 2. The number of anilines is 2. The zero-order chi connectivity index (χ0) is 16.7. The van der Waals surface area contributed by atoms with Gasteiger partial charge in [-0.3, -0.25) is 14.3 Å². The minimum atomic E-state index is -0.216. The molecule has 0 radical (unpaired) electrons. The summed E-state index contributed by atoms with van der Waals surface area (Å²) in [7, 11) is 1.47. The van der Waals surface area contributed by atoms with Gasteiger partial charge in [-0.1, -0.05) is 0 Å². The van der Waals surface area contributed by atoms with Crippen molar-refractivity contribution in [2.24, 2.45) is 0 Å². The Kier molecular flexibility index (Phi) is 5.87. The third-order valence-electron chi connectivity index (χ3n) is 3.19. The Morgan fingerprint density at radius 3 is 2.74 bits per heavy atom. The summed E-state index contributed by atoms with van der Waals surface area (Å²) >= 11 is 0. The van der Waals surface area contributed by atoms with E-state index in [2.05, 4.69) is 15.7 Å². The fourth-order valence-corrected chi connectivity index (χ4v) is 2.07. The summed E-state index contributed by atoms with van der Waals surface area (Å²) in [5.74, 6) is -0.303. The second-order valence-corrected chi connectivity index (χ2v) is 5.08. The number of carbonyl (C=O) groups excluding carboxylic acids is 2. The molecule has 1 aromatic carbocycles. The van der Waals surface area contributed by atoms with E-state index in [9.17, 15) is 9.59 Å². The van der Waals surface area contributed by atoms with Gasteiger partial charge in [0.05, 0.1) is 0 Å². The molecule has 0 spiro atoms. The summed E-state index contributed by atoms with van der Waals surface area (Å²) in [6.07, 6.45) is 3.83. The zero-order valence-corrected chi connectivity index (χ0v) is 13.2. The maximum Gasteiger partial charge on any atom is 0.250 e. The highest BCUT2D eigenvalue weighted by atomic mass is 16.5. The molecule has 1 aromatic heterocycles. The van der Waals surface area contributed by atoms with Crippen LogP contribution in [0.1, 0.15) is 12.0 Å². The Hall–Kier alpha value is -2.67. The average Bonchev–Trinajstić information content (AvgIpc) is 3.02. The van der Waals surface area contributed by atoms with E-state index in [4.69, 9.17) is 4.74 Å². The molecule has 0 unspecified atom stereocenters. The molecule has 2 rings (SSSR count). The monoisotopic (exact) mass is 316 g/mol. The summed E-state index contributed by atoms with van der Waals surface area (Å²) < 4.78 is 6.48. The number of carbonyl (C=O) groups is 2. The van der Waals surface area contributed by atoms with Gasteiger partial charge in [0.2, 0.25) is 11.8 Å². The molecule has 2 N–H and O–H groups in total. The summed E-state index contributed by atoms with van der Waals surface area (Å²) in [5, 5.41) is 9.63. The molecule has 122 valence electrons. The number of aromatic nitrogens is 2. The third-order valence-corrected chi connectivity index (χ3v) is 3.19. The predicted octanol–water partition coefficient (Wildman–Crippen LogP) is 1.81. The molecule has 2 aromatic rings. The highest BCUT2D eigenvalue weighted by Gasteiger charge is 2.07. The zero-order valence-electron chi connectivity index (χ0n) is 13.2. The lowest BCUT2D eigenvalue weighted by molar-refractivity contribution is -0.119. The molecule has 0 aliphatic carbocycles. The molecule has 2 amide bonds. The van der Waals surface area contributed by atoms with E-state index in [-0.39, 0.29) is 18.4 Å². The van der Waals surface area contributed by atoms with Gasteiger partial charge in [0, 0.05) is 43.8 Å². The van der Waals surface area contributed by atoms with Crippen molar-refractivity contribution in [3.05, 3.63) is 42.2 Å². The number of benzene rings is 1. The Balaban J connectivity index is 1.89. The van der Waals surface area contributed by atoms with Crippen LogP contribution in [0.4, 0.5) is 11.4 Å². The molecule has 0 atom stereocenters. The number of methoxy groups -OCH3 is 1. The first-order valence-corrected chi connectivity index (χ1v) is 7.25. The van der Waals surface area contributed by atoms with Crippen molar-refractivity contribution in [1.29, 1.82) is 0 Å². The van der Waals surface area contributed by atoms with Gasteiger partial charge < -0.3 is 15.4 Å². The minimum Gasteiger partial charge on any atom is -0.375 e. The van der Waals surface area contributed by atoms with Crippen LogP contribution >= 0.6 is 0 Å². The van der Waals surface area contributed by atoms with Gasteiger partial charge in [-0.15, -0.1) is 0 Å². The maximum absolute atomic E-state index is 11.9. The fraction of sp³-hybridized carbons (Fsp3) is 0.312. The van der Waals surface area contributed by atoms with Crippen LogP contribution in [-0.2, 0) is 20.9 Å². The third kappa shape index (κ3) is 5.23. The van der Waals surface area contributed by atoms with Gasteiger partial charge in [-0.05, 0) is 36.8 Å². The summed E-state index contributed by atoms with van der Waals surface area (Å²) in [5.41, 5.74) is 2.25. The fourth-order valence-electron chi connectivity index (χ4n) is 2.07. The first-order valence-electron chi connectivity index (χ1n) is 7.25. The molecular weight excluding hydrogens is 296 g/mol. The van der Waals surface area contributed by atoms with E-state index >= 15 is 0 Å². The minimum absolute atomic E-state index is 0.00531. The lowest BCUT2D eigenvalue weighted by Gasteiger charge is -2.11. The van der Waals surface area contributed by atoms with Crippen LogP contribution in [0.3, 0.4) is 0 Å². The van der Waals surface area contributed by atoms with E-state index in [0.29, 0.717) is 24.3 Å². The van der Waals surface area contributed by atoms with Crippen molar-refractivity contribution in [1.82, 2.24) is 9.78 Å². The van der Waals surface area contributed by atoms with Gasteiger partial charge >= 0.3 is 0 Å². The quantitative estimate of drug-likeness (QED) is 0.816. The molecular formula is C16H20N4O3. The van der Waals surface area contributed by atoms with Crippen LogP contribution in [0.2, 0.25) is 0 Å². The Labute approximate surface area is 134 Å². The highest BCUT2D eigenvalue weighted by Crippen LogP contribution is 2.19. The molecule has 7 nitrogen and oxygen atoms in total. The molecule has 0 saturated carbocycles. The number of hydrogen-bond donors (Lipinski definition) is 2. The predicted molar refractivity (Wildman–Crippen MR) is 87.2 cm³/mol. The van der Waals surface area contributed by atoms with Gasteiger partial charge in [-0.2, -0.15) is 5.10 Å².